The van der Waals surface area contributed by atoms with Crippen LogP contribution in [-0.2, 0) is 19.1 Å². The molecule has 2 rings (SSSR count). The van der Waals surface area contributed by atoms with Gasteiger partial charge in [-0.05, 0) is 19.3 Å². The van der Waals surface area contributed by atoms with Gasteiger partial charge in [-0.25, -0.2) is 4.79 Å². The first-order valence-corrected chi connectivity index (χ1v) is 4.72. The van der Waals surface area contributed by atoms with Crippen molar-refractivity contribution >= 4 is 11.9 Å². The van der Waals surface area contributed by atoms with Crippen molar-refractivity contribution in [2.24, 2.45) is 0 Å². The van der Waals surface area contributed by atoms with E-state index in [0.29, 0.717) is 13.0 Å². The van der Waals surface area contributed by atoms with E-state index in [9.17, 15) is 14.7 Å². The lowest BCUT2D eigenvalue weighted by molar-refractivity contribution is -0.172. The van der Waals surface area contributed by atoms with E-state index in [4.69, 9.17) is 4.74 Å². The molecule has 0 amide bonds. The molecule has 2 fully saturated rings. The average Bonchev–Trinajstić information content (AvgIpc) is 2.43. The highest BCUT2D eigenvalue weighted by Gasteiger charge is 2.54. The third-order valence-corrected chi connectivity index (χ3v) is 2.69. The van der Waals surface area contributed by atoms with E-state index >= 15 is 0 Å². The lowest BCUT2D eigenvalue weighted by atomic mass is 9.90. The Morgan fingerprint density at radius 1 is 1.36 bits per heavy atom. The molecule has 0 saturated carbocycles. The molecule has 2 aliphatic heterocycles. The normalized spacial score (nSPS) is 38.5. The number of carbonyl (C=O) groups excluding carboxylic acids is 2. The molecule has 0 aromatic rings. The average molecular weight is 200 g/mol. The monoisotopic (exact) mass is 200 g/mol. The first kappa shape index (κ1) is 9.61. The molecule has 2 aliphatic rings. The van der Waals surface area contributed by atoms with Gasteiger partial charge in [-0.3, -0.25) is 4.79 Å². The van der Waals surface area contributed by atoms with E-state index in [1.54, 1.807) is 0 Å². The largest absolute Gasteiger partial charge is 0.391 e. The fraction of sp³-hybridized carbons (Fsp3) is 0.778. The minimum Gasteiger partial charge on any atom is -0.391 e. The van der Waals surface area contributed by atoms with Crippen molar-refractivity contribution in [2.45, 2.75) is 37.4 Å². The molecule has 5 nitrogen and oxygen atoms in total. The van der Waals surface area contributed by atoms with Gasteiger partial charge in [0.1, 0.15) is 0 Å². The van der Waals surface area contributed by atoms with Crippen LogP contribution in [-0.4, -0.2) is 35.4 Å². The van der Waals surface area contributed by atoms with Crippen LogP contribution < -0.4 is 0 Å². The fourth-order valence-electron chi connectivity index (χ4n) is 1.88. The summed E-state index contributed by atoms with van der Waals surface area (Å²) in [5.74, 6) is -1.54. The topological polar surface area (TPSA) is 72.8 Å². The van der Waals surface area contributed by atoms with Crippen molar-refractivity contribution in [1.82, 2.24) is 0 Å². The zero-order valence-electron chi connectivity index (χ0n) is 7.69. The second kappa shape index (κ2) is 3.33. The number of hydrogen-bond donors (Lipinski definition) is 1. The van der Waals surface area contributed by atoms with Gasteiger partial charge >= 0.3 is 11.9 Å². The number of ether oxygens (including phenoxy) is 2. The van der Waals surface area contributed by atoms with Crippen LogP contribution in [0.15, 0.2) is 0 Å². The van der Waals surface area contributed by atoms with Gasteiger partial charge in [-0.2, -0.15) is 0 Å². The first-order chi connectivity index (χ1) is 6.63. The van der Waals surface area contributed by atoms with E-state index in [0.717, 1.165) is 12.8 Å². The fourth-order valence-corrected chi connectivity index (χ4v) is 1.88. The molecule has 78 valence electrons. The van der Waals surface area contributed by atoms with Gasteiger partial charge in [0, 0.05) is 6.61 Å². The Balaban J connectivity index is 2.14. The predicted molar refractivity (Wildman–Crippen MR) is 44.3 cm³/mol. The Morgan fingerprint density at radius 2 is 2.14 bits per heavy atom. The molecule has 0 aromatic carbocycles. The number of cyclic esters (lactones) is 2. The molecule has 2 saturated heterocycles. The van der Waals surface area contributed by atoms with Crippen LogP contribution in [0.2, 0.25) is 0 Å². The van der Waals surface area contributed by atoms with E-state index in [-0.39, 0.29) is 6.42 Å². The van der Waals surface area contributed by atoms with Crippen LogP contribution in [0.4, 0.5) is 0 Å². The summed E-state index contributed by atoms with van der Waals surface area (Å²) >= 11 is 0. The van der Waals surface area contributed by atoms with Gasteiger partial charge in [-0.15, -0.1) is 0 Å². The van der Waals surface area contributed by atoms with E-state index in [2.05, 4.69) is 4.74 Å². The Bertz CT molecular complexity index is 268. The van der Waals surface area contributed by atoms with Crippen molar-refractivity contribution in [3.05, 3.63) is 0 Å². The van der Waals surface area contributed by atoms with Crippen LogP contribution >= 0.6 is 0 Å². The molecular formula is C9H12O5. The number of hydrogen-bond acceptors (Lipinski definition) is 5. The molecule has 2 heterocycles. The van der Waals surface area contributed by atoms with Crippen LogP contribution in [0.3, 0.4) is 0 Å². The minimum atomic E-state index is -1.74. The van der Waals surface area contributed by atoms with Crippen LogP contribution in [0, 0.1) is 0 Å². The van der Waals surface area contributed by atoms with Gasteiger partial charge in [0.2, 0.25) is 0 Å². The number of esters is 2. The zero-order valence-corrected chi connectivity index (χ0v) is 7.69. The Hall–Kier alpha value is -0.940. The number of aliphatic hydroxyl groups is 1. The zero-order chi connectivity index (χ0) is 10.2. The summed E-state index contributed by atoms with van der Waals surface area (Å²) in [7, 11) is 0. The van der Waals surface area contributed by atoms with E-state index in [1.807, 2.05) is 0 Å². The van der Waals surface area contributed by atoms with Gasteiger partial charge < -0.3 is 14.6 Å². The highest BCUT2D eigenvalue weighted by atomic mass is 16.6. The summed E-state index contributed by atoms with van der Waals surface area (Å²) in [5.41, 5.74) is -1.74. The standard InChI is InChI=1S/C9H12O5/c10-7-5-9(12,8(11)14-7)6-3-1-2-4-13-6/h6,12H,1-5H2. The van der Waals surface area contributed by atoms with Crippen molar-refractivity contribution < 1.29 is 24.2 Å². The molecule has 0 aromatic heterocycles. The predicted octanol–water partition coefficient (Wildman–Crippen LogP) is -0.240. The third-order valence-electron chi connectivity index (χ3n) is 2.69. The SMILES string of the molecule is O=C1CC(O)(C2CCCCO2)C(=O)O1. The second-order valence-electron chi connectivity index (χ2n) is 3.72. The van der Waals surface area contributed by atoms with Crippen LogP contribution in [0.5, 0.6) is 0 Å². The lowest BCUT2D eigenvalue weighted by Crippen LogP contribution is -2.49. The molecule has 2 atom stereocenters. The second-order valence-corrected chi connectivity index (χ2v) is 3.72. The Kier molecular flexibility index (Phi) is 2.28. The summed E-state index contributed by atoms with van der Waals surface area (Å²) < 4.78 is 9.60. The summed E-state index contributed by atoms with van der Waals surface area (Å²) in [5, 5.41) is 9.93. The van der Waals surface area contributed by atoms with Crippen LogP contribution in [0.1, 0.15) is 25.7 Å². The molecule has 0 radical (unpaired) electrons. The maximum Gasteiger partial charge on any atom is 0.349 e. The van der Waals surface area contributed by atoms with Gasteiger partial charge in [0.15, 0.2) is 5.60 Å². The smallest absolute Gasteiger partial charge is 0.349 e. The number of rotatable bonds is 1. The summed E-state index contributed by atoms with van der Waals surface area (Å²) in [6.07, 6.45) is 1.55. The molecule has 2 unspecified atom stereocenters. The van der Waals surface area contributed by atoms with Crippen LogP contribution in [0.25, 0.3) is 0 Å². The van der Waals surface area contributed by atoms with Gasteiger partial charge in [0.05, 0.1) is 12.5 Å². The summed E-state index contributed by atoms with van der Waals surface area (Å²) in [6.45, 7) is 0.522. The molecule has 5 heteroatoms. The molecule has 14 heavy (non-hydrogen) atoms. The molecule has 1 N–H and O–H groups in total. The maximum atomic E-state index is 11.2. The lowest BCUT2D eigenvalue weighted by Gasteiger charge is -2.31. The van der Waals surface area contributed by atoms with Crippen molar-refractivity contribution in [3.8, 4) is 0 Å². The van der Waals surface area contributed by atoms with Gasteiger partial charge in [0.25, 0.3) is 0 Å². The summed E-state index contributed by atoms with van der Waals surface area (Å²) in [4.78, 5) is 22.1. The molecule has 0 spiro atoms. The van der Waals surface area contributed by atoms with Crippen molar-refractivity contribution in [2.75, 3.05) is 6.61 Å². The highest BCUT2D eigenvalue weighted by molar-refractivity contribution is 5.99. The third kappa shape index (κ3) is 1.42. The summed E-state index contributed by atoms with van der Waals surface area (Å²) in [6, 6.07) is 0. The Morgan fingerprint density at radius 3 is 2.64 bits per heavy atom. The molecule has 0 bridgehead atoms. The maximum absolute atomic E-state index is 11.2. The minimum absolute atomic E-state index is 0.281. The Labute approximate surface area is 81.0 Å². The van der Waals surface area contributed by atoms with E-state index in [1.165, 1.54) is 0 Å². The molecule has 0 aliphatic carbocycles. The van der Waals surface area contributed by atoms with Crippen molar-refractivity contribution in [1.29, 1.82) is 0 Å². The first-order valence-electron chi connectivity index (χ1n) is 4.72. The van der Waals surface area contributed by atoms with Gasteiger partial charge in [-0.1, -0.05) is 0 Å². The van der Waals surface area contributed by atoms with E-state index < -0.39 is 23.6 Å². The quantitative estimate of drug-likeness (QED) is 0.467. The number of carbonyl (C=O) groups is 2. The molecular weight excluding hydrogens is 188 g/mol. The highest BCUT2D eigenvalue weighted by Crippen LogP contribution is 2.31. The van der Waals surface area contributed by atoms with Crippen molar-refractivity contribution in [3.63, 3.8) is 0 Å².